The molecule has 0 aliphatic heterocycles. The van der Waals surface area contributed by atoms with Crippen molar-refractivity contribution in [1.29, 1.82) is 0 Å². The quantitative estimate of drug-likeness (QED) is 0.705. The molecule has 1 N–H and O–H groups in total. The standard InChI is InChI=1S/C12H14O3/c1-15-12(14)10-3-2-9-7-11(13)5-4-8(9)6-10/h2-3,6,11,13H,4-5,7H2,1H3. The van der Waals surface area contributed by atoms with Crippen molar-refractivity contribution < 1.29 is 14.6 Å². The number of rotatable bonds is 1. The predicted molar refractivity (Wildman–Crippen MR) is 55.8 cm³/mol. The van der Waals surface area contributed by atoms with Gasteiger partial charge in [-0.1, -0.05) is 6.07 Å². The normalized spacial score (nSPS) is 19.5. The third-order valence-corrected chi connectivity index (χ3v) is 2.83. The Morgan fingerprint density at radius 3 is 3.00 bits per heavy atom. The molecule has 1 aromatic rings. The first-order valence-electron chi connectivity index (χ1n) is 5.09. The molecule has 1 atom stereocenters. The Morgan fingerprint density at radius 2 is 2.27 bits per heavy atom. The van der Waals surface area contributed by atoms with Crippen LogP contribution in [0.3, 0.4) is 0 Å². The molecule has 0 fully saturated rings. The van der Waals surface area contributed by atoms with Crippen LogP contribution in [0.1, 0.15) is 27.9 Å². The van der Waals surface area contributed by atoms with Crippen LogP contribution in [0.25, 0.3) is 0 Å². The van der Waals surface area contributed by atoms with E-state index >= 15 is 0 Å². The highest BCUT2D eigenvalue weighted by Crippen LogP contribution is 2.22. The van der Waals surface area contributed by atoms with Gasteiger partial charge in [-0.2, -0.15) is 0 Å². The van der Waals surface area contributed by atoms with Crippen molar-refractivity contribution in [2.75, 3.05) is 7.11 Å². The maximum absolute atomic E-state index is 11.3. The monoisotopic (exact) mass is 206 g/mol. The average Bonchev–Trinajstić information content (AvgIpc) is 2.27. The number of ether oxygens (including phenoxy) is 1. The van der Waals surface area contributed by atoms with Gasteiger partial charge in [-0.25, -0.2) is 4.79 Å². The number of methoxy groups -OCH3 is 1. The SMILES string of the molecule is COC(=O)c1ccc2c(c1)CCC(O)C2. The average molecular weight is 206 g/mol. The Bertz CT molecular complexity index is 384. The molecule has 2 rings (SSSR count). The molecule has 0 aromatic heterocycles. The predicted octanol–water partition coefficient (Wildman–Crippen LogP) is 1.32. The summed E-state index contributed by atoms with van der Waals surface area (Å²) in [6.07, 6.45) is 2.07. The summed E-state index contributed by atoms with van der Waals surface area (Å²) in [7, 11) is 1.38. The van der Waals surface area contributed by atoms with E-state index in [2.05, 4.69) is 4.74 Å². The van der Waals surface area contributed by atoms with Crippen molar-refractivity contribution in [2.24, 2.45) is 0 Å². The number of aliphatic hydroxyl groups is 1. The fraction of sp³-hybridized carbons (Fsp3) is 0.417. The molecule has 3 nitrogen and oxygen atoms in total. The highest BCUT2D eigenvalue weighted by molar-refractivity contribution is 5.89. The van der Waals surface area contributed by atoms with Gasteiger partial charge in [-0.15, -0.1) is 0 Å². The van der Waals surface area contributed by atoms with Gasteiger partial charge in [-0.05, 0) is 42.5 Å². The molecule has 3 heteroatoms. The van der Waals surface area contributed by atoms with Gasteiger partial charge in [0.1, 0.15) is 0 Å². The van der Waals surface area contributed by atoms with Gasteiger partial charge >= 0.3 is 5.97 Å². The number of carbonyl (C=O) groups excluding carboxylic acids is 1. The lowest BCUT2D eigenvalue weighted by Gasteiger charge is -2.20. The minimum atomic E-state index is -0.302. The summed E-state index contributed by atoms with van der Waals surface area (Å²) in [5.41, 5.74) is 2.89. The van der Waals surface area contributed by atoms with Crippen molar-refractivity contribution in [3.8, 4) is 0 Å². The van der Waals surface area contributed by atoms with E-state index in [9.17, 15) is 9.90 Å². The Morgan fingerprint density at radius 1 is 1.47 bits per heavy atom. The van der Waals surface area contributed by atoms with Crippen LogP contribution in [0.2, 0.25) is 0 Å². The number of esters is 1. The smallest absolute Gasteiger partial charge is 0.337 e. The first-order valence-corrected chi connectivity index (χ1v) is 5.09. The molecule has 1 aliphatic rings. The van der Waals surface area contributed by atoms with Gasteiger partial charge in [0.15, 0.2) is 0 Å². The summed E-state index contributed by atoms with van der Waals surface area (Å²) >= 11 is 0. The van der Waals surface area contributed by atoms with Crippen LogP contribution in [0.4, 0.5) is 0 Å². The molecule has 0 bridgehead atoms. The molecule has 0 heterocycles. The number of aliphatic hydroxyl groups excluding tert-OH is 1. The molecule has 80 valence electrons. The Balaban J connectivity index is 2.30. The van der Waals surface area contributed by atoms with E-state index in [4.69, 9.17) is 0 Å². The van der Waals surface area contributed by atoms with Gasteiger partial charge in [0, 0.05) is 0 Å². The summed E-state index contributed by atoms with van der Waals surface area (Å²) in [6.45, 7) is 0. The van der Waals surface area contributed by atoms with E-state index in [-0.39, 0.29) is 12.1 Å². The van der Waals surface area contributed by atoms with Crippen molar-refractivity contribution in [1.82, 2.24) is 0 Å². The lowest BCUT2D eigenvalue weighted by Crippen LogP contribution is -2.19. The third kappa shape index (κ3) is 2.02. The Kier molecular flexibility index (Phi) is 2.73. The van der Waals surface area contributed by atoms with Crippen LogP contribution in [0, 0.1) is 0 Å². The zero-order valence-corrected chi connectivity index (χ0v) is 8.69. The summed E-state index contributed by atoms with van der Waals surface area (Å²) in [4.78, 5) is 11.3. The van der Waals surface area contributed by atoms with E-state index in [1.165, 1.54) is 7.11 Å². The lowest BCUT2D eigenvalue weighted by molar-refractivity contribution is 0.0600. The molecule has 15 heavy (non-hydrogen) atoms. The molecule has 1 unspecified atom stereocenters. The first-order chi connectivity index (χ1) is 7.20. The van der Waals surface area contributed by atoms with Crippen molar-refractivity contribution in [3.05, 3.63) is 34.9 Å². The van der Waals surface area contributed by atoms with Gasteiger partial charge in [-0.3, -0.25) is 0 Å². The topological polar surface area (TPSA) is 46.5 Å². The second kappa shape index (κ2) is 4.03. The highest BCUT2D eigenvalue weighted by atomic mass is 16.5. The maximum Gasteiger partial charge on any atom is 0.337 e. The van der Waals surface area contributed by atoms with Gasteiger partial charge in [0.05, 0.1) is 18.8 Å². The number of carbonyl (C=O) groups is 1. The number of hydrogen-bond acceptors (Lipinski definition) is 3. The fourth-order valence-electron chi connectivity index (χ4n) is 1.98. The second-order valence-corrected chi connectivity index (χ2v) is 3.87. The minimum Gasteiger partial charge on any atom is -0.465 e. The van der Waals surface area contributed by atoms with Gasteiger partial charge < -0.3 is 9.84 Å². The number of benzene rings is 1. The molecular weight excluding hydrogens is 192 g/mol. The molecule has 0 saturated carbocycles. The van der Waals surface area contributed by atoms with Crippen molar-refractivity contribution in [3.63, 3.8) is 0 Å². The van der Waals surface area contributed by atoms with Crippen LogP contribution in [-0.2, 0) is 17.6 Å². The highest BCUT2D eigenvalue weighted by Gasteiger charge is 2.17. The Labute approximate surface area is 88.7 Å². The third-order valence-electron chi connectivity index (χ3n) is 2.83. The molecule has 1 aromatic carbocycles. The number of hydrogen-bond donors (Lipinski definition) is 1. The fourth-order valence-corrected chi connectivity index (χ4v) is 1.98. The molecule has 0 saturated heterocycles. The summed E-state index contributed by atoms with van der Waals surface area (Å²) < 4.78 is 4.66. The molecule has 0 amide bonds. The van der Waals surface area contributed by atoms with Crippen LogP contribution in [0.5, 0.6) is 0 Å². The second-order valence-electron chi connectivity index (χ2n) is 3.87. The van der Waals surface area contributed by atoms with Crippen LogP contribution < -0.4 is 0 Å². The van der Waals surface area contributed by atoms with Gasteiger partial charge in [0.25, 0.3) is 0 Å². The van der Waals surface area contributed by atoms with Crippen molar-refractivity contribution >= 4 is 5.97 Å². The largest absolute Gasteiger partial charge is 0.465 e. The molecule has 0 spiro atoms. The minimum absolute atomic E-state index is 0.235. The zero-order chi connectivity index (χ0) is 10.8. The molecule has 0 radical (unpaired) electrons. The summed E-state index contributed by atoms with van der Waals surface area (Å²) in [5.74, 6) is -0.302. The van der Waals surface area contributed by atoms with Crippen molar-refractivity contribution in [2.45, 2.75) is 25.4 Å². The molecule has 1 aliphatic carbocycles. The van der Waals surface area contributed by atoms with E-state index < -0.39 is 0 Å². The summed E-state index contributed by atoms with van der Waals surface area (Å²) in [5, 5.41) is 9.49. The van der Waals surface area contributed by atoms with E-state index in [0.29, 0.717) is 12.0 Å². The van der Waals surface area contributed by atoms with Crippen LogP contribution >= 0.6 is 0 Å². The summed E-state index contributed by atoms with van der Waals surface area (Å²) in [6, 6.07) is 5.53. The number of fused-ring (bicyclic) bond motifs is 1. The molecular formula is C12H14O3. The Hall–Kier alpha value is -1.35. The van der Waals surface area contributed by atoms with E-state index in [0.717, 1.165) is 24.0 Å². The van der Waals surface area contributed by atoms with Gasteiger partial charge in [0.2, 0.25) is 0 Å². The van der Waals surface area contributed by atoms with E-state index in [1.807, 2.05) is 12.1 Å². The first kappa shape index (κ1) is 10.2. The zero-order valence-electron chi connectivity index (χ0n) is 8.69. The lowest BCUT2D eigenvalue weighted by atomic mass is 9.89. The van der Waals surface area contributed by atoms with Crippen LogP contribution in [0.15, 0.2) is 18.2 Å². The number of aryl methyl sites for hydroxylation is 1. The van der Waals surface area contributed by atoms with E-state index in [1.54, 1.807) is 6.07 Å². The maximum atomic E-state index is 11.3. The van der Waals surface area contributed by atoms with Crippen LogP contribution in [-0.4, -0.2) is 24.3 Å².